The molecule has 4 aromatic rings. The topological polar surface area (TPSA) is 117 Å². The molecule has 2 atom stereocenters. The minimum Gasteiger partial charge on any atom is -0.397 e. The third-order valence-electron chi connectivity index (χ3n) is 11.3. The second-order valence-electron chi connectivity index (χ2n) is 15.2. The third kappa shape index (κ3) is 9.61. The molecule has 9 heteroatoms. The fourth-order valence-electron chi connectivity index (χ4n) is 7.80. The molecule has 3 heterocycles. The molecule has 4 aliphatic rings. The molecular weight excluding hydrogens is 692 g/mol. The predicted octanol–water partition coefficient (Wildman–Crippen LogP) is 9.22. The van der Waals surface area contributed by atoms with Gasteiger partial charge in [0.15, 0.2) is 0 Å². The van der Waals surface area contributed by atoms with Gasteiger partial charge in [-0.3, -0.25) is 14.5 Å². The van der Waals surface area contributed by atoms with Gasteiger partial charge >= 0.3 is 0 Å². The molecule has 0 spiro atoms. The number of amides is 2. The Labute approximate surface area is 324 Å². The molecule has 8 rings (SSSR count). The molecule has 0 radical (unpaired) electrons. The maximum Gasteiger partial charge on any atom is 0.255 e. The van der Waals surface area contributed by atoms with Gasteiger partial charge in [0, 0.05) is 47.9 Å². The number of rotatable bonds is 8. The van der Waals surface area contributed by atoms with Crippen LogP contribution in [0.5, 0.6) is 0 Å². The van der Waals surface area contributed by atoms with E-state index in [2.05, 4.69) is 39.6 Å². The average molecular weight is 743 g/mol. The first-order valence-electron chi connectivity index (χ1n) is 19.2. The zero-order valence-corrected chi connectivity index (χ0v) is 31.8. The van der Waals surface area contributed by atoms with Crippen LogP contribution < -0.4 is 22.1 Å². The molecule has 3 aliphatic heterocycles. The lowest BCUT2D eigenvalue weighted by Crippen LogP contribution is -2.36. The van der Waals surface area contributed by atoms with Gasteiger partial charge < -0.3 is 27.0 Å². The number of piperidine rings is 2. The van der Waals surface area contributed by atoms with Crippen LogP contribution in [0.3, 0.4) is 0 Å². The Balaban J connectivity index is 0.000000167. The molecule has 2 bridgehead atoms. The van der Waals surface area contributed by atoms with Gasteiger partial charge in [-0.15, -0.1) is 0 Å². The van der Waals surface area contributed by atoms with Gasteiger partial charge in [-0.25, -0.2) is 0 Å². The summed E-state index contributed by atoms with van der Waals surface area (Å²) in [6.07, 6.45) is 14.4. The van der Waals surface area contributed by atoms with E-state index in [0.717, 1.165) is 42.7 Å². The molecule has 8 nitrogen and oxygen atoms in total. The summed E-state index contributed by atoms with van der Waals surface area (Å²) in [6, 6.07) is 29.1. The van der Waals surface area contributed by atoms with Crippen molar-refractivity contribution in [2.24, 2.45) is 5.92 Å². The number of halogens is 1. The Morgan fingerprint density at radius 1 is 0.722 bits per heavy atom. The summed E-state index contributed by atoms with van der Waals surface area (Å²) >= 11 is 6.48. The van der Waals surface area contributed by atoms with Crippen LogP contribution in [0, 0.1) is 5.92 Å². The number of nitrogen functional groups attached to an aromatic ring is 2. The minimum atomic E-state index is -0.216. The second kappa shape index (κ2) is 17.1. The molecule has 0 aromatic heterocycles. The molecule has 2 unspecified atom stereocenters. The van der Waals surface area contributed by atoms with Crippen LogP contribution in [0.1, 0.15) is 83.2 Å². The highest BCUT2D eigenvalue weighted by molar-refractivity contribution is 6.32. The van der Waals surface area contributed by atoms with Crippen LogP contribution in [0.15, 0.2) is 102 Å². The second-order valence-corrected chi connectivity index (χ2v) is 15.7. The van der Waals surface area contributed by atoms with Crippen LogP contribution in [0.4, 0.5) is 22.7 Å². The van der Waals surface area contributed by atoms with E-state index >= 15 is 0 Å². The number of carbonyl (C=O) groups excluding carboxylic acids is 2. The first-order chi connectivity index (χ1) is 26.2. The van der Waals surface area contributed by atoms with Gasteiger partial charge in [0.05, 0.1) is 22.7 Å². The zero-order chi connectivity index (χ0) is 37.6. The van der Waals surface area contributed by atoms with E-state index in [1.54, 1.807) is 24.3 Å². The first kappa shape index (κ1) is 37.4. The van der Waals surface area contributed by atoms with Gasteiger partial charge in [0.1, 0.15) is 0 Å². The van der Waals surface area contributed by atoms with Crippen LogP contribution in [-0.2, 0) is 0 Å². The lowest BCUT2D eigenvalue weighted by atomic mass is 9.95. The van der Waals surface area contributed by atoms with Crippen molar-refractivity contribution >= 4 is 58.3 Å². The van der Waals surface area contributed by atoms with Crippen LogP contribution >= 0.6 is 11.6 Å². The Hall–Kier alpha value is -4.89. The van der Waals surface area contributed by atoms with Crippen molar-refractivity contribution in [3.63, 3.8) is 0 Å². The van der Waals surface area contributed by atoms with Crippen molar-refractivity contribution in [2.75, 3.05) is 48.8 Å². The summed E-state index contributed by atoms with van der Waals surface area (Å²) in [5.41, 5.74) is 20.4. The van der Waals surface area contributed by atoms with Crippen LogP contribution in [0.25, 0.3) is 12.2 Å². The van der Waals surface area contributed by atoms with Crippen molar-refractivity contribution < 1.29 is 9.59 Å². The van der Waals surface area contributed by atoms with E-state index in [-0.39, 0.29) is 11.8 Å². The molecular formula is C45H51ClN6O2. The van der Waals surface area contributed by atoms with E-state index in [1.165, 1.54) is 56.5 Å². The maximum atomic E-state index is 12.5. The summed E-state index contributed by atoms with van der Waals surface area (Å²) in [5.74, 6) is 0.618. The molecule has 280 valence electrons. The van der Waals surface area contributed by atoms with Gasteiger partial charge in [0.25, 0.3) is 11.8 Å². The van der Waals surface area contributed by atoms with Gasteiger partial charge in [-0.05, 0) is 124 Å². The number of para-hydroxylation sites is 4. The average Bonchev–Trinajstić information content (AvgIpc) is 3.97. The fourth-order valence-corrected chi connectivity index (χ4v) is 8.04. The van der Waals surface area contributed by atoms with Crippen molar-refractivity contribution in [1.29, 1.82) is 0 Å². The highest BCUT2D eigenvalue weighted by Crippen LogP contribution is 2.38. The lowest BCUT2D eigenvalue weighted by molar-refractivity contribution is 0.101. The Bertz CT molecular complexity index is 2010. The van der Waals surface area contributed by atoms with Gasteiger partial charge in [-0.1, -0.05) is 77.4 Å². The minimum absolute atomic E-state index is 0.138. The molecule has 1 saturated carbocycles. The summed E-state index contributed by atoms with van der Waals surface area (Å²) < 4.78 is 0. The monoisotopic (exact) mass is 742 g/mol. The largest absolute Gasteiger partial charge is 0.397 e. The summed E-state index contributed by atoms with van der Waals surface area (Å²) in [6.45, 7) is 3.66. The van der Waals surface area contributed by atoms with Crippen LogP contribution in [0.2, 0.25) is 5.02 Å². The quantitative estimate of drug-likeness (QED) is 0.134. The third-order valence-corrected chi connectivity index (χ3v) is 11.6. The van der Waals surface area contributed by atoms with Crippen molar-refractivity contribution in [3.05, 3.63) is 129 Å². The summed E-state index contributed by atoms with van der Waals surface area (Å²) in [5, 5.41) is 6.30. The fraction of sp³-hybridized carbons (Fsp3) is 0.333. The van der Waals surface area contributed by atoms with E-state index in [1.807, 2.05) is 66.7 Å². The number of nitrogens with zero attached hydrogens (tertiary/aromatic N) is 2. The molecule has 54 heavy (non-hydrogen) atoms. The maximum absolute atomic E-state index is 12.5. The lowest BCUT2D eigenvalue weighted by Gasteiger charge is -2.32. The van der Waals surface area contributed by atoms with E-state index in [0.29, 0.717) is 51.0 Å². The Morgan fingerprint density at radius 3 is 1.83 bits per heavy atom. The van der Waals surface area contributed by atoms with Gasteiger partial charge in [-0.2, -0.15) is 0 Å². The number of nitrogens with two attached hydrogens (primary N) is 2. The number of carbonyl (C=O) groups is 2. The number of likely N-dealkylation sites (tertiary alicyclic amines) is 1. The summed E-state index contributed by atoms with van der Waals surface area (Å²) in [7, 11) is 2.24. The van der Waals surface area contributed by atoms with E-state index in [4.69, 9.17) is 23.1 Å². The zero-order valence-electron chi connectivity index (χ0n) is 31.1. The molecule has 4 fully saturated rings. The number of benzene rings is 4. The van der Waals surface area contributed by atoms with Gasteiger partial charge in [0.2, 0.25) is 0 Å². The molecule has 2 amide bonds. The van der Waals surface area contributed by atoms with Crippen molar-refractivity contribution in [1.82, 2.24) is 9.80 Å². The van der Waals surface area contributed by atoms with Crippen molar-refractivity contribution in [3.8, 4) is 0 Å². The Kier molecular flexibility index (Phi) is 11.8. The first-order valence-corrected chi connectivity index (χ1v) is 19.6. The highest BCUT2D eigenvalue weighted by atomic mass is 35.5. The molecule has 4 aromatic carbocycles. The number of anilines is 4. The number of hydrogen-bond acceptors (Lipinski definition) is 6. The smallest absolute Gasteiger partial charge is 0.255 e. The van der Waals surface area contributed by atoms with E-state index < -0.39 is 0 Å². The number of nitrogens with one attached hydrogen (secondary N) is 2. The number of hydrogen-bond donors (Lipinski definition) is 4. The normalized spacial score (nSPS) is 19.7. The predicted molar refractivity (Wildman–Crippen MR) is 224 cm³/mol. The highest BCUT2D eigenvalue weighted by Gasteiger charge is 2.35. The molecule has 6 N–H and O–H groups in total. The van der Waals surface area contributed by atoms with Crippen molar-refractivity contribution in [2.45, 2.75) is 63.5 Å². The Morgan fingerprint density at radius 2 is 1.28 bits per heavy atom. The standard InChI is InChI=1S/C23H27N3O.C22H24ClN3O/c24-21-3-1-2-4-22(21)25-23(27)20-9-7-17(8-10-20)15-18-11-13-26(14-12-18)16-19-5-6-19;1-26-17-8-9-18(26)12-14(11-17)10-15-6-7-16(13-19(15)23)22(27)25-21-5-3-2-4-20(21)24/h1-4,7-10,15,19H,5-6,11-14,16,24H2,(H,25,27);2-7,10,13,17-18H,8-9,11-12,24H2,1H3,(H,25,27). The van der Waals surface area contributed by atoms with Crippen LogP contribution in [-0.4, -0.2) is 60.4 Å². The summed E-state index contributed by atoms with van der Waals surface area (Å²) in [4.78, 5) is 30.0. The SMILES string of the molecule is CN1C2CCC1CC(=Cc1ccc(C(=O)Nc3ccccc3N)cc1Cl)C2.Nc1ccccc1NC(=O)c1ccc(C=C2CCN(CC3CC3)CC2)cc1. The number of fused-ring (bicyclic) bond motifs is 2. The molecule has 3 saturated heterocycles. The molecule has 1 aliphatic carbocycles. The van der Waals surface area contributed by atoms with E-state index in [9.17, 15) is 9.59 Å².